The van der Waals surface area contributed by atoms with E-state index < -0.39 is 17.7 Å². The number of carbonyl (C=O) groups is 1. The van der Waals surface area contributed by atoms with Crippen molar-refractivity contribution in [3.63, 3.8) is 0 Å². The van der Waals surface area contributed by atoms with Gasteiger partial charge in [0.25, 0.3) is 0 Å². The molecule has 0 radical (unpaired) electrons. The number of benzene rings is 1. The SMILES string of the molecule is CCOCCCC(=O)N(C)C(C)c1cc(F)ccc1F. The minimum atomic E-state index is -0.509. The quantitative estimate of drug-likeness (QED) is 0.719. The van der Waals surface area contributed by atoms with E-state index in [-0.39, 0.29) is 11.5 Å². The third kappa shape index (κ3) is 4.56. The van der Waals surface area contributed by atoms with Crippen LogP contribution in [0.1, 0.15) is 38.3 Å². The Morgan fingerprint density at radius 2 is 2.10 bits per heavy atom. The van der Waals surface area contributed by atoms with Crippen LogP contribution in [0.5, 0.6) is 0 Å². The van der Waals surface area contributed by atoms with Crippen LogP contribution in [-0.4, -0.2) is 31.1 Å². The summed E-state index contributed by atoms with van der Waals surface area (Å²) >= 11 is 0. The maximum Gasteiger partial charge on any atom is 0.222 e. The minimum Gasteiger partial charge on any atom is -0.382 e. The summed E-state index contributed by atoms with van der Waals surface area (Å²) in [5.74, 6) is -1.13. The van der Waals surface area contributed by atoms with Crippen molar-refractivity contribution in [1.82, 2.24) is 4.90 Å². The maximum atomic E-state index is 13.7. The highest BCUT2D eigenvalue weighted by atomic mass is 19.1. The van der Waals surface area contributed by atoms with Gasteiger partial charge in [0.15, 0.2) is 0 Å². The summed E-state index contributed by atoms with van der Waals surface area (Å²) in [6, 6.07) is 2.76. The highest BCUT2D eigenvalue weighted by Gasteiger charge is 2.20. The molecular formula is C15H21F2NO2. The van der Waals surface area contributed by atoms with Gasteiger partial charge in [0.2, 0.25) is 5.91 Å². The first-order chi connectivity index (χ1) is 9.47. The van der Waals surface area contributed by atoms with Gasteiger partial charge in [0.05, 0.1) is 6.04 Å². The molecule has 1 aromatic rings. The lowest BCUT2D eigenvalue weighted by molar-refractivity contribution is -0.132. The van der Waals surface area contributed by atoms with Crippen molar-refractivity contribution in [3.05, 3.63) is 35.4 Å². The summed E-state index contributed by atoms with van der Waals surface area (Å²) < 4.78 is 32.0. The van der Waals surface area contributed by atoms with Crippen molar-refractivity contribution in [2.75, 3.05) is 20.3 Å². The lowest BCUT2D eigenvalue weighted by Crippen LogP contribution is -2.30. The number of nitrogens with zero attached hydrogens (tertiary/aromatic N) is 1. The van der Waals surface area contributed by atoms with Crippen LogP contribution < -0.4 is 0 Å². The normalized spacial score (nSPS) is 12.2. The highest BCUT2D eigenvalue weighted by Crippen LogP contribution is 2.23. The third-order valence-electron chi connectivity index (χ3n) is 3.27. The predicted octanol–water partition coefficient (Wildman–Crippen LogP) is 3.30. The molecule has 1 aromatic carbocycles. The largest absolute Gasteiger partial charge is 0.382 e. The monoisotopic (exact) mass is 285 g/mol. The molecule has 0 heterocycles. The summed E-state index contributed by atoms with van der Waals surface area (Å²) in [4.78, 5) is 13.4. The molecule has 0 spiro atoms. The maximum absolute atomic E-state index is 13.7. The zero-order valence-corrected chi connectivity index (χ0v) is 12.2. The second kappa shape index (κ2) is 7.94. The van der Waals surface area contributed by atoms with Gasteiger partial charge in [-0.15, -0.1) is 0 Å². The number of halogens is 2. The molecule has 0 aromatic heterocycles. The lowest BCUT2D eigenvalue weighted by atomic mass is 10.1. The fraction of sp³-hybridized carbons (Fsp3) is 0.533. The Balaban J connectivity index is 2.63. The van der Waals surface area contributed by atoms with Crippen molar-refractivity contribution >= 4 is 5.91 Å². The predicted molar refractivity (Wildman–Crippen MR) is 73.3 cm³/mol. The van der Waals surface area contributed by atoms with Gasteiger partial charge in [-0.05, 0) is 38.5 Å². The summed E-state index contributed by atoms with van der Waals surface area (Å²) in [5.41, 5.74) is 0.186. The van der Waals surface area contributed by atoms with E-state index in [2.05, 4.69) is 0 Å². The summed E-state index contributed by atoms with van der Waals surface area (Å²) in [6.07, 6.45) is 0.952. The Morgan fingerprint density at radius 3 is 2.75 bits per heavy atom. The van der Waals surface area contributed by atoms with Crippen LogP contribution in [0, 0.1) is 11.6 Å². The molecule has 0 aliphatic rings. The molecule has 0 saturated heterocycles. The Labute approximate surface area is 118 Å². The fourth-order valence-corrected chi connectivity index (χ4v) is 1.91. The van der Waals surface area contributed by atoms with Crippen LogP contribution in [0.15, 0.2) is 18.2 Å². The van der Waals surface area contributed by atoms with Gasteiger partial charge >= 0.3 is 0 Å². The third-order valence-corrected chi connectivity index (χ3v) is 3.27. The molecule has 1 unspecified atom stereocenters. The second-order valence-corrected chi connectivity index (χ2v) is 4.65. The summed E-state index contributed by atoms with van der Waals surface area (Å²) in [6.45, 7) is 4.72. The van der Waals surface area contributed by atoms with Crippen molar-refractivity contribution in [1.29, 1.82) is 0 Å². The van der Waals surface area contributed by atoms with Crippen LogP contribution in [0.3, 0.4) is 0 Å². The summed E-state index contributed by atoms with van der Waals surface area (Å²) in [5, 5.41) is 0. The Kier molecular flexibility index (Phi) is 6.58. The molecule has 20 heavy (non-hydrogen) atoms. The lowest BCUT2D eigenvalue weighted by Gasteiger charge is -2.25. The molecule has 112 valence electrons. The van der Waals surface area contributed by atoms with Crippen LogP contribution in [0.2, 0.25) is 0 Å². The van der Waals surface area contributed by atoms with Crippen molar-refractivity contribution in [2.24, 2.45) is 0 Å². The molecule has 0 bridgehead atoms. The Morgan fingerprint density at radius 1 is 1.40 bits per heavy atom. The van der Waals surface area contributed by atoms with Crippen LogP contribution in [0.25, 0.3) is 0 Å². The van der Waals surface area contributed by atoms with Gasteiger partial charge in [0.1, 0.15) is 11.6 Å². The zero-order valence-electron chi connectivity index (χ0n) is 12.2. The molecular weight excluding hydrogens is 264 g/mol. The summed E-state index contributed by atoms with van der Waals surface area (Å²) in [7, 11) is 1.60. The number of hydrogen-bond acceptors (Lipinski definition) is 2. The number of amides is 1. The van der Waals surface area contributed by atoms with Crippen LogP contribution in [0.4, 0.5) is 8.78 Å². The van der Waals surface area contributed by atoms with Gasteiger partial charge in [-0.2, -0.15) is 0 Å². The van der Waals surface area contributed by atoms with Gasteiger partial charge in [-0.25, -0.2) is 8.78 Å². The van der Waals surface area contributed by atoms with E-state index in [1.807, 2.05) is 6.92 Å². The van der Waals surface area contributed by atoms with Crippen LogP contribution >= 0.6 is 0 Å². The van der Waals surface area contributed by atoms with Gasteiger partial charge in [-0.3, -0.25) is 4.79 Å². The number of rotatable bonds is 7. The van der Waals surface area contributed by atoms with Gasteiger partial charge in [-0.1, -0.05) is 0 Å². The van der Waals surface area contributed by atoms with E-state index >= 15 is 0 Å². The molecule has 0 N–H and O–H groups in total. The standard InChI is InChI=1S/C15H21F2NO2/c1-4-20-9-5-6-15(19)18(3)11(2)13-10-12(16)7-8-14(13)17/h7-8,10-11H,4-6,9H2,1-3H3. The fourth-order valence-electron chi connectivity index (χ4n) is 1.91. The van der Waals surface area contributed by atoms with Gasteiger partial charge < -0.3 is 9.64 Å². The van der Waals surface area contributed by atoms with Crippen molar-refractivity contribution < 1.29 is 18.3 Å². The molecule has 0 saturated carbocycles. The van der Waals surface area contributed by atoms with E-state index in [4.69, 9.17) is 4.74 Å². The van der Waals surface area contributed by atoms with E-state index in [1.165, 1.54) is 4.90 Å². The van der Waals surface area contributed by atoms with Gasteiger partial charge in [0, 0.05) is 32.2 Å². The first-order valence-electron chi connectivity index (χ1n) is 6.75. The first kappa shape index (κ1) is 16.6. The molecule has 0 aliphatic heterocycles. The highest BCUT2D eigenvalue weighted by molar-refractivity contribution is 5.76. The molecule has 1 atom stereocenters. The number of hydrogen-bond donors (Lipinski definition) is 0. The van der Waals surface area contributed by atoms with Crippen molar-refractivity contribution in [2.45, 2.75) is 32.7 Å². The van der Waals surface area contributed by atoms with E-state index in [0.29, 0.717) is 26.1 Å². The second-order valence-electron chi connectivity index (χ2n) is 4.65. The molecule has 0 aliphatic carbocycles. The Hall–Kier alpha value is -1.49. The number of ether oxygens (including phenoxy) is 1. The topological polar surface area (TPSA) is 29.5 Å². The van der Waals surface area contributed by atoms with Crippen molar-refractivity contribution in [3.8, 4) is 0 Å². The average Bonchev–Trinajstić information content (AvgIpc) is 2.44. The van der Waals surface area contributed by atoms with E-state index in [0.717, 1.165) is 18.2 Å². The first-order valence-corrected chi connectivity index (χ1v) is 6.75. The molecule has 1 amide bonds. The minimum absolute atomic E-state index is 0.110. The van der Waals surface area contributed by atoms with E-state index in [9.17, 15) is 13.6 Å². The molecule has 3 nitrogen and oxygen atoms in total. The number of carbonyl (C=O) groups excluding carboxylic acids is 1. The van der Waals surface area contributed by atoms with Crippen LogP contribution in [-0.2, 0) is 9.53 Å². The van der Waals surface area contributed by atoms with E-state index in [1.54, 1.807) is 14.0 Å². The smallest absolute Gasteiger partial charge is 0.222 e. The molecule has 5 heteroatoms. The zero-order chi connectivity index (χ0) is 15.1. The molecule has 0 fully saturated rings. The molecule has 1 rings (SSSR count). The Bertz CT molecular complexity index is 451. The average molecular weight is 285 g/mol.